The van der Waals surface area contributed by atoms with Gasteiger partial charge < -0.3 is 39.0 Å². The summed E-state index contributed by atoms with van der Waals surface area (Å²) < 4.78 is 43.1. The first-order valence-electron chi connectivity index (χ1n) is 1.28. The van der Waals surface area contributed by atoms with Gasteiger partial charge in [-0.2, -0.15) is 0 Å². The van der Waals surface area contributed by atoms with Crippen molar-refractivity contribution in [2.45, 2.75) is 0 Å². The Kier molecular flexibility index (Phi) is 52.7. The van der Waals surface area contributed by atoms with Crippen LogP contribution in [0.1, 0.15) is 0 Å². The van der Waals surface area contributed by atoms with E-state index in [4.69, 9.17) is 28.7 Å². The van der Waals surface area contributed by atoms with Gasteiger partial charge in [-0.25, -0.2) is 0 Å². The van der Waals surface area contributed by atoms with Crippen molar-refractivity contribution >= 4 is 8.25 Å². The predicted octanol–water partition coefficient (Wildman–Crippen LogP) is -3.02. The molecule has 0 saturated carbocycles. The van der Waals surface area contributed by atoms with Gasteiger partial charge in [0.05, 0.1) is 0 Å². The van der Waals surface area contributed by atoms with E-state index in [0.29, 0.717) is 0 Å². The summed E-state index contributed by atoms with van der Waals surface area (Å²) in [6.07, 6.45) is 0. The zero-order valence-corrected chi connectivity index (χ0v) is 11.7. The maximum absolute atomic E-state index is 8.65. The topological polar surface area (TPSA) is 289 Å². The van der Waals surface area contributed by atoms with Gasteiger partial charge in [0.2, 0.25) is 0 Å². The Morgan fingerprint density at radius 3 is 0.846 bits per heavy atom. The molecule has 13 heteroatoms. The van der Waals surface area contributed by atoms with Crippen LogP contribution in [0.15, 0.2) is 0 Å². The molecular formula is H17N4O7PW. The van der Waals surface area contributed by atoms with E-state index >= 15 is 0 Å². The number of rotatable bonds is 0. The van der Waals surface area contributed by atoms with E-state index in [-0.39, 0.29) is 24.6 Å². The molecule has 0 bridgehead atoms. The zero-order chi connectivity index (χ0) is 8.08. The normalized spacial score (nSPS) is 7.15. The molecule has 0 radical (unpaired) electrons. The van der Waals surface area contributed by atoms with Crippen LogP contribution in [0, 0.1) is 0 Å². The molecule has 0 rings (SSSR count). The SMILES string of the molecule is O=[PH]([O-])[O-].[NH4+].[NH4+].[NH4+].[NH4+].[O]=[W](=[O])([O-])[O-]. The van der Waals surface area contributed by atoms with E-state index in [1.807, 2.05) is 0 Å². The van der Waals surface area contributed by atoms with Crippen molar-refractivity contribution < 1.29 is 45.4 Å². The molecule has 0 aliphatic carbocycles. The van der Waals surface area contributed by atoms with E-state index in [1.54, 1.807) is 0 Å². The fourth-order valence-corrected chi connectivity index (χ4v) is 0. The third kappa shape index (κ3) is 32300. The molecule has 16 N–H and O–H groups in total. The van der Waals surface area contributed by atoms with Crippen molar-refractivity contribution in [2.24, 2.45) is 0 Å². The standard InChI is InChI=1S/4H3N.H3O3P.4O.W/c;;;;1-4(2)3;;;;;/h4*1H3;4H,(H2,1,2,3);;;;;/q;;;;;;;2*-1;/p+2. The van der Waals surface area contributed by atoms with Crippen LogP contribution in [0.25, 0.3) is 0 Å². The van der Waals surface area contributed by atoms with E-state index in [1.165, 1.54) is 0 Å². The van der Waals surface area contributed by atoms with Crippen molar-refractivity contribution in [3.63, 3.8) is 0 Å². The molecule has 0 amide bonds. The summed E-state index contributed by atoms with van der Waals surface area (Å²) >= 11 is -6.17. The summed E-state index contributed by atoms with van der Waals surface area (Å²) in [7, 11) is -3.63. The van der Waals surface area contributed by atoms with E-state index in [2.05, 4.69) is 0 Å². The van der Waals surface area contributed by atoms with Gasteiger partial charge in [0, 0.05) is 0 Å². The molecule has 0 unspecified atom stereocenters. The Morgan fingerprint density at radius 2 is 0.846 bits per heavy atom. The number of hydrogen-bond acceptors (Lipinski definition) is 7. The third-order valence-electron chi connectivity index (χ3n) is 0. The van der Waals surface area contributed by atoms with Gasteiger partial charge in [-0.3, -0.25) is 0 Å². The Labute approximate surface area is 78.8 Å². The molecule has 0 heterocycles. The van der Waals surface area contributed by atoms with Gasteiger partial charge in [-0.15, -0.1) is 0 Å². The van der Waals surface area contributed by atoms with E-state index in [9.17, 15) is 0 Å². The first-order valence-corrected chi connectivity index (χ1v) is 7.29. The fraction of sp³-hybridized carbons (Fsp3) is 0. The van der Waals surface area contributed by atoms with Gasteiger partial charge >= 0.3 is 31.1 Å². The van der Waals surface area contributed by atoms with Gasteiger partial charge in [-0.05, 0) is 0 Å². The third-order valence-corrected chi connectivity index (χ3v) is 0. The first kappa shape index (κ1) is 37.9. The van der Waals surface area contributed by atoms with Crippen LogP contribution in [-0.4, -0.2) is 0 Å². The van der Waals surface area contributed by atoms with Crippen LogP contribution in [0.5, 0.6) is 0 Å². The molecule has 11 nitrogen and oxygen atoms in total. The number of quaternary nitrogens is 4. The fourth-order valence-electron chi connectivity index (χ4n) is 0. The second-order valence-electron chi connectivity index (χ2n) is 0.658. The van der Waals surface area contributed by atoms with Crippen LogP contribution >= 0.6 is 8.25 Å². The monoisotopic (exact) mass is 400 g/mol. The molecule has 13 heavy (non-hydrogen) atoms. The van der Waals surface area contributed by atoms with Crippen LogP contribution in [0.3, 0.4) is 0 Å². The molecule has 0 aliphatic rings. The molecule has 0 aromatic carbocycles. The Hall–Kier alpha value is 0.198. The zero-order valence-electron chi connectivity index (χ0n) is 7.77. The van der Waals surface area contributed by atoms with Crippen molar-refractivity contribution in [3.05, 3.63) is 0 Å². The summed E-state index contributed by atoms with van der Waals surface area (Å²) in [6.45, 7) is 0. The molecule has 0 spiro atoms. The van der Waals surface area contributed by atoms with Crippen LogP contribution in [0.2, 0.25) is 0 Å². The van der Waals surface area contributed by atoms with Gasteiger partial charge in [0.15, 0.2) is 0 Å². The summed E-state index contributed by atoms with van der Waals surface area (Å²) in [4.78, 5) is 17.0. The van der Waals surface area contributed by atoms with Crippen LogP contribution in [-0.2, 0) is 28.1 Å². The second-order valence-corrected chi connectivity index (χ2v) is 4.09. The minimum absolute atomic E-state index is 0. The summed E-state index contributed by atoms with van der Waals surface area (Å²) in [5, 5.41) is 0. The summed E-state index contributed by atoms with van der Waals surface area (Å²) in [5.74, 6) is 0. The van der Waals surface area contributed by atoms with Crippen LogP contribution < -0.4 is 41.9 Å². The molecular weight excluding hydrogens is 383 g/mol. The quantitative estimate of drug-likeness (QED) is 0.305. The van der Waals surface area contributed by atoms with Crippen molar-refractivity contribution in [1.82, 2.24) is 24.6 Å². The summed E-state index contributed by atoms with van der Waals surface area (Å²) in [6, 6.07) is 0. The predicted molar refractivity (Wildman–Crippen MR) is 34.3 cm³/mol. The molecule has 0 aromatic rings. The summed E-state index contributed by atoms with van der Waals surface area (Å²) in [5.41, 5.74) is 0. The van der Waals surface area contributed by atoms with Crippen molar-refractivity contribution in [3.8, 4) is 0 Å². The van der Waals surface area contributed by atoms with Crippen LogP contribution in [0.4, 0.5) is 0 Å². The van der Waals surface area contributed by atoms with Crippen molar-refractivity contribution in [1.29, 1.82) is 0 Å². The molecule has 0 fully saturated rings. The van der Waals surface area contributed by atoms with E-state index in [0.717, 1.165) is 0 Å². The molecule has 0 saturated heterocycles. The molecule has 0 atom stereocenters. The molecule has 90 valence electrons. The number of hydrogen-bond donors (Lipinski definition) is 4. The van der Waals surface area contributed by atoms with Crippen molar-refractivity contribution in [2.75, 3.05) is 0 Å². The Balaban J connectivity index is -0.0000000146. The van der Waals surface area contributed by atoms with E-state index < -0.39 is 25.0 Å². The average molecular weight is 400 g/mol. The van der Waals surface area contributed by atoms with Gasteiger partial charge in [0.25, 0.3) is 0 Å². The second kappa shape index (κ2) is 18.1. The molecule has 0 aliphatic heterocycles. The Bertz CT molecular complexity index is 163. The maximum atomic E-state index is 8.65. The van der Waals surface area contributed by atoms with Gasteiger partial charge in [0.1, 0.15) is 0 Å². The Morgan fingerprint density at radius 1 is 0.846 bits per heavy atom. The molecule has 0 aromatic heterocycles. The average Bonchev–Trinajstić information content (AvgIpc) is 1.19. The first-order chi connectivity index (χ1) is 3.73. The minimum atomic E-state index is -6.17. The van der Waals surface area contributed by atoms with Gasteiger partial charge in [-0.1, -0.05) is 8.25 Å².